The molecule has 0 aromatic heterocycles. The van der Waals surface area contributed by atoms with Gasteiger partial charge in [0.2, 0.25) is 0 Å². The Hall–Kier alpha value is -1.38. The maximum atomic E-state index is 11.8. The molecule has 28 heteroatoms. The van der Waals surface area contributed by atoms with Gasteiger partial charge in [-0.1, -0.05) is 53.2 Å². The third-order valence-corrected chi connectivity index (χ3v) is 22.8. The molecule has 3 saturated carbocycles. The van der Waals surface area contributed by atoms with Crippen LogP contribution in [0.25, 0.3) is 0 Å². The predicted molar refractivity (Wildman–Crippen MR) is 299 cm³/mol. The average Bonchev–Trinajstić information content (AvgIpc) is 1.34. The first-order valence-corrected chi connectivity index (χ1v) is 31.5. The lowest BCUT2D eigenvalue weighted by Crippen LogP contribution is -2.65. The normalized spacial score (nSPS) is 51.4. The Labute approximate surface area is 512 Å². The Morgan fingerprint density at radius 1 is 0.500 bits per heavy atom. The van der Waals surface area contributed by atoms with Gasteiger partial charge in [-0.15, -0.1) is 0 Å². The van der Waals surface area contributed by atoms with E-state index in [4.69, 9.17) is 47.4 Å². The second-order valence-corrected chi connectivity index (χ2v) is 28.6. The van der Waals surface area contributed by atoms with Gasteiger partial charge in [0.05, 0.1) is 50.8 Å². The molecule has 9 aliphatic rings. The van der Waals surface area contributed by atoms with E-state index in [1.807, 2.05) is 0 Å². The van der Waals surface area contributed by atoms with Gasteiger partial charge in [-0.05, 0) is 112 Å². The minimum absolute atomic E-state index is 0.0854. The smallest absolute Gasteiger partial charge is 0.187 e. The van der Waals surface area contributed by atoms with Crippen molar-refractivity contribution in [3.8, 4) is 0 Å². The van der Waals surface area contributed by atoms with Crippen molar-refractivity contribution in [2.24, 2.45) is 45.3 Å². The lowest BCUT2D eigenvalue weighted by Gasteiger charge is -2.66. The van der Waals surface area contributed by atoms with E-state index in [9.17, 15) is 91.9 Å². The van der Waals surface area contributed by atoms with Crippen LogP contribution in [0.2, 0.25) is 0 Å². The van der Waals surface area contributed by atoms with Crippen molar-refractivity contribution in [2.75, 3.05) is 33.0 Å². The van der Waals surface area contributed by atoms with Crippen molar-refractivity contribution in [1.29, 1.82) is 0 Å². The number of aliphatic hydroxyl groups excluding tert-OH is 17. The first kappa shape index (κ1) is 70.9. The molecule has 34 atom stereocenters. The van der Waals surface area contributed by atoms with Gasteiger partial charge in [0, 0.05) is 5.41 Å². The third kappa shape index (κ3) is 12.8. The zero-order valence-electron chi connectivity index (χ0n) is 51.5. The highest BCUT2D eigenvalue weighted by molar-refractivity contribution is 5.30. The van der Waals surface area contributed by atoms with Gasteiger partial charge in [0.25, 0.3) is 0 Å². The summed E-state index contributed by atoms with van der Waals surface area (Å²) in [6.07, 6.45) is -33.8. The lowest BCUT2D eigenvalue weighted by molar-refractivity contribution is -0.380. The molecule has 0 aromatic carbocycles. The summed E-state index contributed by atoms with van der Waals surface area (Å²) in [4.78, 5) is 0. The average molecular weight is 1270 g/mol. The highest BCUT2D eigenvalue weighted by Gasteiger charge is 2.68. The number of aliphatic hydroxyl groups is 18. The third-order valence-electron chi connectivity index (χ3n) is 22.8. The zero-order valence-corrected chi connectivity index (χ0v) is 51.5. The van der Waals surface area contributed by atoms with E-state index in [-0.39, 0.29) is 40.4 Å². The molecule has 34 unspecified atom stereocenters. The Morgan fingerprint density at radius 2 is 0.966 bits per heavy atom. The summed E-state index contributed by atoms with van der Waals surface area (Å²) in [7, 11) is 0. The van der Waals surface area contributed by atoms with Crippen LogP contribution >= 0.6 is 0 Å². The molecule has 28 nitrogen and oxygen atoms in total. The minimum Gasteiger partial charge on any atom is -0.394 e. The minimum atomic E-state index is -1.93. The van der Waals surface area contributed by atoms with E-state index in [2.05, 4.69) is 47.6 Å². The number of hydrogen-bond donors (Lipinski definition) is 18. The van der Waals surface area contributed by atoms with Gasteiger partial charge in [-0.3, -0.25) is 0 Å². The van der Waals surface area contributed by atoms with Gasteiger partial charge >= 0.3 is 0 Å². The maximum Gasteiger partial charge on any atom is 0.187 e. The topological polar surface area (TPSA) is 456 Å². The Balaban J connectivity index is 0.872. The Kier molecular flexibility index (Phi) is 22.1. The Bertz CT molecular complexity index is 2310. The van der Waals surface area contributed by atoms with Crippen molar-refractivity contribution < 1.29 is 139 Å². The van der Waals surface area contributed by atoms with Crippen molar-refractivity contribution >= 4 is 0 Å². The standard InChI is InChI=1S/C60H102O28/c1-24(9-13-35(57(4,5)78)86-55-50(88-54-47(76)42(71)38(67)30(21-63)82-54)43(72)39(68)32(84-55)23-79-51-45(74)40(69)36(65)28(19-61)80-51)25-15-16-60(8)33-12-10-26-27(58(33,6)17-18-59(25,60)7)11-14-34(56(26,2)3)85-52-48(77)44(73)49(31(22-64)83-52)87-53-46(75)41(70)37(66)29(20-62)81-53/h10,24-25,27-55,61-78H,9,11-23H2,1-8H3. The van der Waals surface area contributed by atoms with Crippen LogP contribution in [0, 0.1) is 45.3 Å². The second-order valence-electron chi connectivity index (χ2n) is 28.6. The lowest BCUT2D eigenvalue weighted by atomic mass is 9.39. The van der Waals surface area contributed by atoms with E-state index < -0.39 is 210 Å². The van der Waals surface area contributed by atoms with Crippen molar-refractivity contribution in [2.45, 2.75) is 285 Å². The first-order valence-electron chi connectivity index (χ1n) is 31.5. The van der Waals surface area contributed by atoms with Crippen LogP contribution in [-0.2, 0) is 47.4 Å². The van der Waals surface area contributed by atoms with E-state index in [0.717, 1.165) is 38.5 Å². The van der Waals surface area contributed by atoms with Gasteiger partial charge in [-0.2, -0.15) is 0 Å². The highest BCUT2D eigenvalue weighted by atomic mass is 16.8. The summed E-state index contributed by atoms with van der Waals surface area (Å²) in [6.45, 7) is 13.2. The number of allylic oxidation sites excluding steroid dienone is 1. The molecule has 9 rings (SSSR count). The zero-order chi connectivity index (χ0) is 64.7. The molecule has 510 valence electrons. The molecule has 4 aliphatic carbocycles. The molecule has 0 radical (unpaired) electrons. The molecule has 88 heavy (non-hydrogen) atoms. The molecule has 18 N–H and O–H groups in total. The van der Waals surface area contributed by atoms with Gasteiger partial charge in [0.1, 0.15) is 122 Å². The van der Waals surface area contributed by atoms with E-state index in [0.29, 0.717) is 18.8 Å². The van der Waals surface area contributed by atoms with Gasteiger partial charge in [0.15, 0.2) is 31.5 Å². The van der Waals surface area contributed by atoms with Crippen molar-refractivity contribution in [1.82, 2.24) is 0 Å². The quantitative estimate of drug-likeness (QED) is 0.0512. The molecule has 5 aliphatic heterocycles. The fourth-order valence-corrected chi connectivity index (χ4v) is 17.1. The summed E-state index contributed by atoms with van der Waals surface area (Å²) in [5.74, 6) is 0.828. The summed E-state index contributed by atoms with van der Waals surface area (Å²) in [5, 5.41) is 193. The van der Waals surface area contributed by atoms with Gasteiger partial charge in [-0.25, -0.2) is 0 Å². The fourth-order valence-electron chi connectivity index (χ4n) is 17.1. The Morgan fingerprint density at radius 3 is 1.51 bits per heavy atom. The molecule has 5 heterocycles. The SMILES string of the molecule is CC(CCC(OC1OC(COC2OC(CO)C(O)C(O)C2O)C(O)C(O)C1OC1OC(CO)C(O)C(O)C1O)C(C)(C)O)C1CCC2(C)C3CC=C4C(CCC(OC5OC(CO)C(OC6OC(CO)C(O)C(O)C6O)C(O)C5O)C4(C)C)C3(C)CCC12C. The summed E-state index contributed by atoms with van der Waals surface area (Å²) in [6, 6.07) is 0. The van der Waals surface area contributed by atoms with Crippen LogP contribution in [0.1, 0.15) is 113 Å². The van der Waals surface area contributed by atoms with Gasteiger partial charge < -0.3 is 139 Å². The molecule has 0 spiro atoms. The monoisotopic (exact) mass is 1270 g/mol. The molecule has 5 saturated heterocycles. The number of fused-ring (bicyclic) bond motifs is 5. The van der Waals surface area contributed by atoms with E-state index in [1.54, 1.807) is 13.8 Å². The van der Waals surface area contributed by atoms with Crippen LogP contribution in [0.3, 0.4) is 0 Å². The second kappa shape index (κ2) is 27.4. The van der Waals surface area contributed by atoms with E-state index >= 15 is 0 Å². The number of ether oxygens (including phenoxy) is 10. The van der Waals surface area contributed by atoms with Crippen LogP contribution in [-0.4, -0.2) is 296 Å². The van der Waals surface area contributed by atoms with Crippen molar-refractivity contribution in [3.63, 3.8) is 0 Å². The number of hydrogen-bond acceptors (Lipinski definition) is 28. The molecular weight excluding hydrogens is 1170 g/mol. The van der Waals surface area contributed by atoms with Crippen LogP contribution in [0.5, 0.6) is 0 Å². The van der Waals surface area contributed by atoms with Crippen LogP contribution in [0.4, 0.5) is 0 Å². The number of rotatable bonds is 20. The predicted octanol–water partition coefficient (Wildman–Crippen LogP) is -4.38. The van der Waals surface area contributed by atoms with E-state index in [1.165, 1.54) is 5.57 Å². The molecule has 8 fully saturated rings. The summed E-state index contributed by atoms with van der Waals surface area (Å²) in [5.41, 5.74) is -1.21. The summed E-state index contributed by atoms with van der Waals surface area (Å²) >= 11 is 0. The largest absolute Gasteiger partial charge is 0.394 e. The van der Waals surface area contributed by atoms with Crippen LogP contribution < -0.4 is 0 Å². The highest BCUT2D eigenvalue weighted by Crippen LogP contribution is 2.75. The first-order chi connectivity index (χ1) is 41.2. The maximum absolute atomic E-state index is 11.8. The molecular formula is C60H102O28. The fraction of sp³-hybridized carbons (Fsp3) is 0.967. The molecule has 0 amide bonds. The molecule has 0 aromatic rings. The van der Waals surface area contributed by atoms with Crippen LogP contribution in [0.15, 0.2) is 11.6 Å². The summed E-state index contributed by atoms with van der Waals surface area (Å²) < 4.78 is 59.7. The van der Waals surface area contributed by atoms with Crippen molar-refractivity contribution in [3.05, 3.63) is 11.6 Å². The molecule has 0 bridgehead atoms.